The third kappa shape index (κ3) is 2.91. The Kier molecular flexibility index (Phi) is 4.13. The van der Waals surface area contributed by atoms with Gasteiger partial charge in [-0.3, -0.25) is 0 Å². The van der Waals surface area contributed by atoms with Gasteiger partial charge in [0.2, 0.25) is 0 Å². The van der Waals surface area contributed by atoms with E-state index in [2.05, 4.69) is 66.2 Å². The summed E-state index contributed by atoms with van der Waals surface area (Å²) < 4.78 is 4.09. The summed E-state index contributed by atoms with van der Waals surface area (Å²) in [6.07, 6.45) is 9.30. The van der Waals surface area contributed by atoms with Crippen LogP contribution < -0.4 is 4.46 Å². The molecule has 0 bridgehead atoms. The minimum atomic E-state index is 0.411. The van der Waals surface area contributed by atoms with Gasteiger partial charge in [-0.25, -0.2) is 0 Å². The molecule has 0 N–H and O–H groups in total. The van der Waals surface area contributed by atoms with Crippen LogP contribution in [-0.4, -0.2) is 31.2 Å². The zero-order valence-electron chi connectivity index (χ0n) is 13.8. The van der Waals surface area contributed by atoms with Gasteiger partial charge < -0.3 is 0 Å². The molecule has 1 fully saturated rings. The minimum absolute atomic E-state index is 0.411. The molecule has 1 aliphatic carbocycles. The third-order valence-corrected chi connectivity index (χ3v) is 7.80. The van der Waals surface area contributed by atoms with Gasteiger partial charge in [0.15, 0.2) is 0 Å². The van der Waals surface area contributed by atoms with Gasteiger partial charge in [0, 0.05) is 0 Å². The van der Waals surface area contributed by atoms with E-state index in [0.717, 1.165) is 5.44 Å². The average Bonchev–Trinajstić information content (AvgIpc) is 2.62. The van der Waals surface area contributed by atoms with Gasteiger partial charge in [-0.2, -0.15) is 0 Å². The Labute approximate surface area is 145 Å². The molecule has 2 aromatic carbocycles. The molecule has 1 aliphatic heterocycles. The monoisotopic (exact) mass is 370 g/mol. The van der Waals surface area contributed by atoms with Crippen molar-refractivity contribution in [3.63, 3.8) is 0 Å². The maximum absolute atomic E-state index is 2.50. The van der Waals surface area contributed by atoms with E-state index in [-0.39, 0.29) is 0 Å². The fraction of sp³-hybridized carbons (Fsp3) is 0.381. The molecule has 4 rings (SSSR count). The number of hydrogen-bond acceptors (Lipinski definition) is 0. The van der Waals surface area contributed by atoms with E-state index >= 15 is 0 Å². The number of rotatable bonds is 2. The predicted octanol–water partition coefficient (Wildman–Crippen LogP) is 3.97. The van der Waals surface area contributed by atoms with Gasteiger partial charge in [0.1, 0.15) is 0 Å². The van der Waals surface area contributed by atoms with Crippen molar-refractivity contribution in [2.24, 2.45) is 0 Å². The Balaban J connectivity index is 1.74. The fourth-order valence-electron chi connectivity index (χ4n) is 4.00. The van der Waals surface area contributed by atoms with Crippen LogP contribution in [0.3, 0.4) is 0 Å². The van der Waals surface area contributed by atoms with Crippen LogP contribution in [-0.2, 0) is 5.41 Å². The van der Waals surface area contributed by atoms with Gasteiger partial charge in [0.25, 0.3) is 0 Å². The van der Waals surface area contributed by atoms with Crippen molar-refractivity contribution in [3.8, 4) is 0 Å². The quantitative estimate of drug-likeness (QED) is 0.557. The molecule has 118 valence electrons. The van der Waals surface area contributed by atoms with E-state index in [1.54, 1.807) is 10.0 Å². The van der Waals surface area contributed by atoms with Crippen LogP contribution in [0.2, 0.25) is 0 Å². The molecule has 23 heavy (non-hydrogen) atoms. The van der Waals surface area contributed by atoms with E-state index in [1.165, 1.54) is 43.4 Å². The standard InChI is InChI=1S/C21H24NSe/c1-21(13-6-3-7-14-21)19-12-8-9-17-15-22(16-23-20(17)19)18-10-4-2-5-11-18/h2,4-5,8-12,15H,3,6-7,13-14,16H2,1H3/q+1. The molecule has 2 heteroatoms. The van der Waals surface area contributed by atoms with Crippen molar-refractivity contribution in [2.75, 3.05) is 5.44 Å². The van der Waals surface area contributed by atoms with Crippen LogP contribution in [0.1, 0.15) is 50.2 Å². The molecule has 0 atom stereocenters. The molecule has 1 saturated carbocycles. The Morgan fingerprint density at radius 2 is 1.70 bits per heavy atom. The van der Waals surface area contributed by atoms with E-state index < -0.39 is 0 Å². The molecule has 0 radical (unpaired) electrons. The first-order chi connectivity index (χ1) is 11.3. The first-order valence-corrected chi connectivity index (χ1v) is 10.8. The Morgan fingerprint density at radius 1 is 0.913 bits per heavy atom. The van der Waals surface area contributed by atoms with Crippen molar-refractivity contribution in [3.05, 3.63) is 59.7 Å². The zero-order chi connectivity index (χ0) is 15.7. The Bertz CT molecular complexity index is 727. The number of nitrogens with zero attached hydrogens (tertiary/aromatic N) is 1. The van der Waals surface area contributed by atoms with Crippen LogP contribution in [0.25, 0.3) is 0 Å². The Hall–Kier alpha value is -1.37. The van der Waals surface area contributed by atoms with Crippen molar-refractivity contribution < 1.29 is 4.58 Å². The number of benzene rings is 2. The number of hydrogen-bond donors (Lipinski definition) is 0. The number of para-hydroxylation sites is 1. The molecular weight excluding hydrogens is 345 g/mol. The van der Waals surface area contributed by atoms with Crippen molar-refractivity contribution in [2.45, 2.75) is 44.4 Å². The summed E-state index contributed by atoms with van der Waals surface area (Å²) in [5, 5.41) is 0. The van der Waals surface area contributed by atoms with E-state index in [0.29, 0.717) is 20.4 Å². The summed E-state index contributed by atoms with van der Waals surface area (Å²) in [6, 6.07) is 17.8. The fourth-order valence-corrected chi connectivity index (χ4v) is 6.62. The molecular formula is C21H24NSe+. The SMILES string of the molecule is CC1(c2cccc3c2[Se]C[N+](c2ccccc2)=C3)CCCCC1. The van der Waals surface area contributed by atoms with Crippen LogP contribution >= 0.6 is 0 Å². The summed E-state index contributed by atoms with van der Waals surface area (Å²) in [7, 11) is 0. The normalized spacial score (nSPS) is 19.8. The van der Waals surface area contributed by atoms with Crippen LogP contribution in [0.15, 0.2) is 48.5 Å². The van der Waals surface area contributed by atoms with E-state index in [1.807, 2.05) is 0 Å². The van der Waals surface area contributed by atoms with Gasteiger partial charge in [0.05, 0.1) is 0 Å². The van der Waals surface area contributed by atoms with Crippen molar-refractivity contribution >= 4 is 31.3 Å². The second-order valence-electron chi connectivity index (χ2n) is 7.05. The molecule has 2 aromatic rings. The van der Waals surface area contributed by atoms with Crippen LogP contribution in [0, 0.1) is 0 Å². The predicted molar refractivity (Wildman–Crippen MR) is 98.7 cm³/mol. The molecule has 1 heterocycles. The summed E-state index contributed by atoms with van der Waals surface area (Å²) in [4.78, 5) is 0. The number of fused-ring (bicyclic) bond motifs is 1. The van der Waals surface area contributed by atoms with Gasteiger partial charge in [-0.1, -0.05) is 0 Å². The Morgan fingerprint density at radius 3 is 2.48 bits per heavy atom. The van der Waals surface area contributed by atoms with Crippen molar-refractivity contribution in [1.29, 1.82) is 0 Å². The molecule has 1 nitrogen and oxygen atoms in total. The molecule has 0 spiro atoms. The molecule has 0 aromatic heterocycles. The van der Waals surface area contributed by atoms with Gasteiger partial charge >= 0.3 is 145 Å². The van der Waals surface area contributed by atoms with E-state index in [9.17, 15) is 0 Å². The second-order valence-corrected chi connectivity index (χ2v) is 9.06. The second kappa shape index (κ2) is 6.26. The zero-order valence-corrected chi connectivity index (χ0v) is 15.5. The van der Waals surface area contributed by atoms with Crippen LogP contribution in [0.5, 0.6) is 0 Å². The summed E-state index contributed by atoms with van der Waals surface area (Å²) in [5.74, 6) is 0. The third-order valence-electron chi connectivity index (χ3n) is 5.38. The molecule has 2 aliphatic rings. The topological polar surface area (TPSA) is 3.01 Å². The first kappa shape index (κ1) is 15.2. The molecule has 0 amide bonds. The molecule has 0 saturated heterocycles. The van der Waals surface area contributed by atoms with Crippen LogP contribution in [0.4, 0.5) is 5.69 Å². The van der Waals surface area contributed by atoms with Gasteiger partial charge in [-0.15, -0.1) is 0 Å². The summed E-state index contributed by atoms with van der Waals surface area (Å²) >= 11 is 0.525. The molecule has 0 unspecified atom stereocenters. The van der Waals surface area contributed by atoms with E-state index in [4.69, 9.17) is 0 Å². The first-order valence-electron chi connectivity index (χ1n) is 8.69. The summed E-state index contributed by atoms with van der Waals surface area (Å²) in [5.41, 5.74) is 5.97. The average molecular weight is 369 g/mol. The van der Waals surface area contributed by atoms with Gasteiger partial charge in [-0.05, 0) is 0 Å². The van der Waals surface area contributed by atoms with Crippen molar-refractivity contribution in [1.82, 2.24) is 0 Å². The maximum atomic E-state index is 2.50. The summed E-state index contributed by atoms with van der Waals surface area (Å²) in [6.45, 7) is 2.50.